The summed E-state index contributed by atoms with van der Waals surface area (Å²) in [4.78, 5) is 12.9. The highest BCUT2D eigenvalue weighted by Gasteiger charge is 2.35. The van der Waals surface area contributed by atoms with Crippen molar-refractivity contribution in [2.75, 3.05) is 6.54 Å². The lowest BCUT2D eigenvalue weighted by molar-refractivity contribution is -0.117. The summed E-state index contributed by atoms with van der Waals surface area (Å²) in [5.74, 6) is 0.0355. The van der Waals surface area contributed by atoms with Crippen LogP contribution in [0.15, 0.2) is 69.4 Å². The Labute approximate surface area is 136 Å². The molecule has 0 aliphatic heterocycles. The standard InChI is InChI=1S/C17H15NO4S/c19-16(6-5-14-3-2-10-23-14)18-12-17(20,13-7-9-21-11-13)15-4-1-8-22-15/h1-11,20H,12H2,(H,18,19)/b6-5+. The predicted molar refractivity (Wildman–Crippen MR) is 86.8 cm³/mol. The van der Waals surface area contributed by atoms with E-state index in [0.29, 0.717) is 11.3 Å². The molecule has 5 nitrogen and oxygen atoms in total. The van der Waals surface area contributed by atoms with Crippen LogP contribution in [0.5, 0.6) is 0 Å². The van der Waals surface area contributed by atoms with Crippen molar-refractivity contribution >= 4 is 23.3 Å². The molecule has 1 atom stereocenters. The molecule has 0 bridgehead atoms. The Morgan fingerprint density at radius 3 is 2.87 bits per heavy atom. The van der Waals surface area contributed by atoms with E-state index in [1.54, 1.807) is 35.6 Å². The Kier molecular flexibility index (Phi) is 4.45. The molecule has 3 heterocycles. The van der Waals surface area contributed by atoms with Crippen LogP contribution in [0.3, 0.4) is 0 Å². The van der Waals surface area contributed by atoms with Gasteiger partial charge in [-0.1, -0.05) is 6.07 Å². The van der Waals surface area contributed by atoms with Crippen molar-refractivity contribution in [3.8, 4) is 0 Å². The van der Waals surface area contributed by atoms with Crippen LogP contribution in [0.2, 0.25) is 0 Å². The van der Waals surface area contributed by atoms with Gasteiger partial charge in [0, 0.05) is 16.5 Å². The molecular weight excluding hydrogens is 314 g/mol. The van der Waals surface area contributed by atoms with E-state index in [0.717, 1.165) is 4.88 Å². The van der Waals surface area contributed by atoms with E-state index < -0.39 is 5.60 Å². The van der Waals surface area contributed by atoms with Gasteiger partial charge in [-0.15, -0.1) is 11.3 Å². The quantitative estimate of drug-likeness (QED) is 0.682. The van der Waals surface area contributed by atoms with Crippen LogP contribution >= 0.6 is 11.3 Å². The third kappa shape index (κ3) is 3.44. The molecule has 0 saturated carbocycles. The Morgan fingerprint density at radius 2 is 2.22 bits per heavy atom. The molecule has 1 unspecified atom stereocenters. The van der Waals surface area contributed by atoms with E-state index in [-0.39, 0.29) is 12.5 Å². The first-order chi connectivity index (χ1) is 11.2. The molecule has 3 aromatic rings. The third-order valence-corrected chi connectivity index (χ3v) is 4.23. The molecule has 0 spiro atoms. The Hall–Kier alpha value is -2.57. The van der Waals surface area contributed by atoms with Gasteiger partial charge in [-0.25, -0.2) is 0 Å². The van der Waals surface area contributed by atoms with E-state index in [2.05, 4.69) is 5.32 Å². The smallest absolute Gasteiger partial charge is 0.244 e. The summed E-state index contributed by atoms with van der Waals surface area (Å²) in [6.45, 7) is -0.0341. The number of aliphatic hydroxyl groups is 1. The summed E-state index contributed by atoms with van der Waals surface area (Å²) >= 11 is 1.54. The first-order valence-corrected chi connectivity index (χ1v) is 7.85. The van der Waals surface area contributed by atoms with Crippen LogP contribution in [-0.4, -0.2) is 17.6 Å². The normalized spacial score (nSPS) is 14.0. The van der Waals surface area contributed by atoms with Crippen molar-refractivity contribution in [2.24, 2.45) is 0 Å². The number of furan rings is 2. The molecule has 1 amide bonds. The second-order valence-electron chi connectivity index (χ2n) is 4.92. The maximum Gasteiger partial charge on any atom is 0.244 e. The van der Waals surface area contributed by atoms with Crippen molar-refractivity contribution < 1.29 is 18.7 Å². The number of rotatable bonds is 6. The molecule has 2 N–H and O–H groups in total. The molecule has 23 heavy (non-hydrogen) atoms. The molecular formula is C17H15NO4S. The number of hydrogen-bond donors (Lipinski definition) is 2. The fraction of sp³-hybridized carbons (Fsp3) is 0.118. The Morgan fingerprint density at radius 1 is 1.30 bits per heavy atom. The minimum absolute atomic E-state index is 0.0341. The van der Waals surface area contributed by atoms with Crippen LogP contribution in [0.1, 0.15) is 16.2 Å². The van der Waals surface area contributed by atoms with Gasteiger partial charge in [-0.05, 0) is 35.7 Å². The number of carbonyl (C=O) groups excluding carboxylic acids is 1. The molecule has 0 aromatic carbocycles. The maximum atomic E-state index is 12.0. The first kappa shape index (κ1) is 15.3. The average molecular weight is 329 g/mol. The first-order valence-electron chi connectivity index (χ1n) is 6.97. The summed E-state index contributed by atoms with van der Waals surface area (Å²) in [5, 5.41) is 15.6. The van der Waals surface area contributed by atoms with Gasteiger partial charge in [0.15, 0.2) is 5.60 Å². The van der Waals surface area contributed by atoms with Crippen LogP contribution in [0.4, 0.5) is 0 Å². The van der Waals surface area contributed by atoms with Crippen molar-refractivity contribution in [2.45, 2.75) is 5.60 Å². The monoisotopic (exact) mass is 329 g/mol. The van der Waals surface area contributed by atoms with Gasteiger partial charge in [0.25, 0.3) is 0 Å². The van der Waals surface area contributed by atoms with Crippen LogP contribution in [0.25, 0.3) is 6.08 Å². The maximum absolute atomic E-state index is 12.0. The van der Waals surface area contributed by atoms with Crippen molar-refractivity contribution in [1.82, 2.24) is 5.32 Å². The zero-order chi connectivity index (χ0) is 16.1. The van der Waals surface area contributed by atoms with E-state index >= 15 is 0 Å². The molecule has 0 aliphatic rings. The Bertz CT molecular complexity index is 724. The summed E-state index contributed by atoms with van der Waals surface area (Å²) in [6.07, 6.45) is 7.52. The molecule has 0 saturated heterocycles. The van der Waals surface area contributed by atoms with Gasteiger partial charge in [-0.2, -0.15) is 0 Å². The minimum Gasteiger partial charge on any atom is -0.472 e. The topological polar surface area (TPSA) is 75.6 Å². The number of thiophene rings is 1. The second kappa shape index (κ2) is 6.68. The molecule has 0 radical (unpaired) electrons. The number of nitrogens with one attached hydrogen (secondary N) is 1. The summed E-state index contributed by atoms with van der Waals surface area (Å²) < 4.78 is 10.3. The second-order valence-corrected chi connectivity index (χ2v) is 5.90. The fourth-order valence-electron chi connectivity index (χ4n) is 2.16. The highest BCUT2D eigenvalue weighted by molar-refractivity contribution is 7.10. The number of amides is 1. The van der Waals surface area contributed by atoms with Gasteiger partial charge in [0.1, 0.15) is 5.76 Å². The van der Waals surface area contributed by atoms with E-state index in [1.807, 2.05) is 17.5 Å². The summed E-state index contributed by atoms with van der Waals surface area (Å²) in [7, 11) is 0. The number of hydrogen-bond acceptors (Lipinski definition) is 5. The fourth-order valence-corrected chi connectivity index (χ4v) is 2.78. The lowest BCUT2D eigenvalue weighted by Crippen LogP contribution is -2.40. The van der Waals surface area contributed by atoms with Crippen molar-refractivity contribution in [3.63, 3.8) is 0 Å². The van der Waals surface area contributed by atoms with Crippen molar-refractivity contribution in [3.05, 3.63) is 76.8 Å². The summed E-state index contributed by atoms with van der Waals surface area (Å²) in [6, 6.07) is 8.80. The van der Waals surface area contributed by atoms with Gasteiger partial charge in [0.05, 0.1) is 25.3 Å². The summed E-state index contributed by atoms with van der Waals surface area (Å²) in [5.41, 5.74) is -0.974. The van der Waals surface area contributed by atoms with Crippen LogP contribution in [-0.2, 0) is 10.4 Å². The minimum atomic E-state index is -1.48. The van der Waals surface area contributed by atoms with Crippen LogP contribution < -0.4 is 5.32 Å². The largest absolute Gasteiger partial charge is 0.472 e. The Balaban J connectivity index is 1.71. The lowest BCUT2D eigenvalue weighted by Gasteiger charge is -2.24. The lowest BCUT2D eigenvalue weighted by atomic mass is 9.93. The molecule has 0 aliphatic carbocycles. The van der Waals surface area contributed by atoms with E-state index in [1.165, 1.54) is 24.9 Å². The van der Waals surface area contributed by atoms with Crippen molar-refractivity contribution in [1.29, 1.82) is 0 Å². The molecule has 3 aromatic heterocycles. The molecule has 3 rings (SSSR count). The van der Waals surface area contributed by atoms with Gasteiger partial charge >= 0.3 is 0 Å². The predicted octanol–water partition coefficient (Wildman–Crippen LogP) is 3.00. The average Bonchev–Trinajstić information content (AvgIpc) is 3.33. The highest BCUT2D eigenvalue weighted by Crippen LogP contribution is 2.29. The zero-order valence-corrected chi connectivity index (χ0v) is 13.0. The third-order valence-electron chi connectivity index (χ3n) is 3.39. The van der Waals surface area contributed by atoms with E-state index in [9.17, 15) is 9.90 Å². The zero-order valence-electron chi connectivity index (χ0n) is 12.1. The number of carbonyl (C=O) groups is 1. The van der Waals surface area contributed by atoms with E-state index in [4.69, 9.17) is 8.83 Å². The molecule has 118 valence electrons. The molecule has 6 heteroatoms. The van der Waals surface area contributed by atoms with Gasteiger partial charge in [-0.3, -0.25) is 4.79 Å². The SMILES string of the molecule is O=C(/C=C/c1cccs1)NCC(O)(c1ccoc1)c1ccco1. The molecule has 0 fully saturated rings. The van der Waals surface area contributed by atoms with Gasteiger partial charge < -0.3 is 19.3 Å². The van der Waals surface area contributed by atoms with Crippen LogP contribution in [0, 0.1) is 0 Å². The van der Waals surface area contributed by atoms with Gasteiger partial charge in [0.2, 0.25) is 5.91 Å². The highest BCUT2D eigenvalue weighted by atomic mass is 32.1.